The molecule has 6 heteroatoms. The average molecular weight is 258 g/mol. The van der Waals surface area contributed by atoms with Crippen LogP contribution in [0.1, 0.15) is 24.2 Å². The van der Waals surface area contributed by atoms with E-state index < -0.39 is 34.4 Å². The summed E-state index contributed by atoms with van der Waals surface area (Å²) in [5.74, 6) is -2.47. The second kappa shape index (κ2) is 4.89. The van der Waals surface area contributed by atoms with E-state index in [1.54, 1.807) is 0 Å². The van der Waals surface area contributed by atoms with Crippen molar-refractivity contribution >= 4 is 11.6 Å². The van der Waals surface area contributed by atoms with E-state index in [1.165, 1.54) is 20.9 Å². The van der Waals surface area contributed by atoms with Crippen LogP contribution in [0.3, 0.4) is 0 Å². The van der Waals surface area contributed by atoms with E-state index >= 15 is 0 Å². The van der Waals surface area contributed by atoms with Crippen molar-refractivity contribution in [2.75, 3.05) is 19.3 Å². The van der Waals surface area contributed by atoms with E-state index in [2.05, 4.69) is 0 Å². The summed E-state index contributed by atoms with van der Waals surface area (Å²) >= 11 is 0. The van der Waals surface area contributed by atoms with Gasteiger partial charge < -0.3 is 15.7 Å². The van der Waals surface area contributed by atoms with Gasteiger partial charge in [-0.1, -0.05) is 0 Å². The number of amides is 1. The summed E-state index contributed by atoms with van der Waals surface area (Å²) in [7, 11) is 1.39. The minimum atomic E-state index is -1.13. The summed E-state index contributed by atoms with van der Waals surface area (Å²) in [6.45, 7) is 3.00. The van der Waals surface area contributed by atoms with Crippen LogP contribution in [0.5, 0.6) is 0 Å². The van der Waals surface area contributed by atoms with Crippen molar-refractivity contribution in [3.05, 3.63) is 29.3 Å². The lowest BCUT2D eigenvalue weighted by Crippen LogP contribution is -2.40. The van der Waals surface area contributed by atoms with Gasteiger partial charge in [0.15, 0.2) is 5.82 Å². The number of nitrogen functional groups attached to an aromatic ring is 1. The number of likely N-dealkylation sites (N-methyl/N-ethyl adjacent to an activating group) is 1. The molecule has 0 aromatic heterocycles. The zero-order valence-corrected chi connectivity index (χ0v) is 10.5. The van der Waals surface area contributed by atoms with Crippen LogP contribution in [0.4, 0.5) is 14.5 Å². The molecule has 1 aromatic rings. The fraction of sp³-hybridized carbons (Fsp3) is 0.417. The highest BCUT2D eigenvalue weighted by molar-refractivity contribution is 5.95. The molecule has 1 aromatic carbocycles. The Kier molecular flexibility index (Phi) is 3.91. The molecule has 0 aliphatic rings. The first-order valence-corrected chi connectivity index (χ1v) is 5.34. The van der Waals surface area contributed by atoms with E-state index in [0.717, 1.165) is 17.0 Å². The fourth-order valence-electron chi connectivity index (χ4n) is 1.62. The van der Waals surface area contributed by atoms with E-state index in [0.29, 0.717) is 0 Å². The largest absolute Gasteiger partial charge is 0.396 e. The Morgan fingerprint density at radius 3 is 2.50 bits per heavy atom. The summed E-state index contributed by atoms with van der Waals surface area (Å²) in [5, 5.41) is 9.58. The molecular formula is C12H16F2N2O2. The molecule has 3 N–H and O–H groups in total. The molecule has 0 saturated heterocycles. The Balaban J connectivity index is 3.04. The van der Waals surface area contributed by atoms with Crippen LogP contribution in [0.2, 0.25) is 0 Å². The van der Waals surface area contributed by atoms with Gasteiger partial charge in [-0.3, -0.25) is 4.79 Å². The maximum Gasteiger partial charge on any atom is 0.256 e. The van der Waals surface area contributed by atoms with Crippen LogP contribution < -0.4 is 5.73 Å². The maximum atomic E-state index is 13.6. The van der Waals surface area contributed by atoms with Gasteiger partial charge in [0.05, 0.1) is 16.9 Å². The van der Waals surface area contributed by atoms with Crippen molar-refractivity contribution < 1.29 is 18.7 Å². The topological polar surface area (TPSA) is 66.6 Å². The monoisotopic (exact) mass is 258 g/mol. The molecule has 1 amide bonds. The van der Waals surface area contributed by atoms with E-state index in [1.807, 2.05) is 0 Å². The number of anilines is 1. The fourth-order valence-corrected chi connectivity index (χ4v) is 1.62. The SMILES string of the molecule is CN(CC(C)(C)O)C(=O)c1cc(F)cc(N)c1F. The van der Waals surface area contributed by atoms with Gasteiger partial charge >= 0.3 is 0 Å². The minimum absolute atomic E-state index is 0.0122. The predicted octanol–water partition coefficient (Wildman–Crippen LogP) is 1.39. The molecule has 0 heterocycles. The summed E-state index contributed by atoms with van der Waals surface area (Å²) < 4.78 is 26.7. The summed E-state index contributed by atoms with van der Waals surface area (Å²) in [6.07, 6.45) is 0. The number of hydrogen-bond acceptors (Lipinski definition) is 3. The lowest BCUT2D eigenvalue weighted by atomic mass is 10.1. The van der Waals surface area contributed by atoms with Crippen molar-refractivity contribution in [3.63, 3.8) is 0 Å². The maximum absolute atomic E-state index is 13.6. The summed E-state index contributed by atoms with van der Waals surface area (Å²) in [5.41, 5.74) is 3.26. The number of halogens is 2. The molecule has 0 atom stereocenters. The van der Waals surface area contributed by atoms with Crippen molar-refractivity contribution in [1.82, 2.24) is 4.90 Å². The van der Waals surface area contributed by atoms with Crippen LogP contribution in [-0.2, 0) is 0 Å². The normalized spacial score (nSPS) is 11.4. The van der Waals surface area contributed by atoms with Gasteiger partial charge in [-0.05, 0) is 26.0 Å². The highest BCUT2D eigenvalue weighted by atomic mass is 19.1. The van der Waals surface area contributed by atoms with Crippen LogP contribution in [-0.4, -0.2) is 35.1 Å². The first-order valence-electron chi connectivity index (χ1n) is 5.34. The Morgan fingerprint density at radius 1 is 1.44 bits per heavy atom. The van der Waals surface area contributed by atoms with Crippen molar-refractivity contribution in [2.45, 2.75) is 19.4 Å². The molecule has 0 aliphatic carbocycles. The Bertz CT molecular complexity index is 470. The molecule has 0 fully saturated rings. The van der Waals surface area contributed by atoms with Crippen molar-refractivity contribution in [2.24, 2.45) is 0 Å². The average Bonchev–Trinajstić information content (AvgIpc) is 2.19. The number of benzene rings is 1. The number of carbonyl (C=O) groups excluding carboxylic acids is 1. The number of hydrogen-bond donors (Lipinski definition) is 2. The van der Waals surface area contributed by atoms with Gasteiger partial charge in [0, 0.05) is 13.6 Å². The standard InChI is InChI=1S/C12H16F2N2O2/c1-12(2,18)6-16(3)11(17)8-4-7(13)5-9(15)10(8)14/h4-5,18H,6,15H2,1-3H3. The van der Waals surface area contributed by atoms with Crippen LogP contribution >= 0.6 is 0 Å². The summed E-state index contributed by atoms with van der Waals surface area (Å²) in [4.78, 5) is 13.0. The molecule has 0 unspecified atom stereocenters. The predicted molar refractivity (Wildman–Crippen MR) is 64.0 cm³/mol. The molecule has 0 saturated carbocycles. The zero-order chi connectivity index (χ0) is 14.1. The van der Waals surface area contributed by atoms with Gasteiger partial charge in [-0.25, -0.2) is 8.78 Å². The Labute approximate surface area is 104 Å². The van der Waals surface area contributed by atoms with Gasteiger partial charge in [0.1, 0.15) is 5.82 Å². The minimum Gasteiger partial charge on any atom is -0.396 e. The van der Waals surface area contributed by atoms with Gasteiger partial charge in [-0.2, -0.15) is 0 Å². The highest BCUT2D eigenvalue weighted by Gasteiger charge is 2.23. The molecule has 0 radical (unpaired) electrons. The van der Waals surface area contributed by atoms with E-state index in [4.69, 9.17) is 5.73 Å². The third kappa shape index (κ3) is 3.40. The van der Waals surface area contributed by atoms with Gasteiger partial charge in [0.25, 0.3) is 5.91 Å². The Hall–Kier alpha value is -1.69. The highest BCUT2D eigenvalue weighted by Crippen LogP contribution is 2.19. The molecule has 100 valence electrons. The molecule has 1 rings (SSSR count). The number of nitrogens with zero attached hydrogens (tertiary/aromatic N) is 1. The lowest BCUT2D eigenvalue weighted by molar-refractivity contribution is 0.0365. The molecule has 0 bridgehead atoms. The Morgan fingerprint density at radius 2 is 2.00 bits per heavy atom. The molecule has 18 heavy (non-hydrogen) atoms. The summed E-state index contributed by atoms with van der Waals surface area (Å²) in [6, 6.07) is 1.59. The molecule has 0 spiro atoms. The van der Waals surface area contributed by atoms with E-state index in [9.17, 15) is 18.7 Å². The number of carbonyl (C=O) groups is 1. The van der Waals surface area contributed by atoms with Crippen LogP contribution in [0, 0.1) is 11.6 Å². The third-order valence-electron chi connectivity index (χ3n) is 2.27. The first-order chi connectivity index (χ1) is 8.11. The number of nitrogens with two attached hydrogens (primary N) is 1. The second-order valence-electron chi connectivity index (χ2n) is 4.83. The quantitative estimate of drug-likeness (QED) is 0.805. The van der Waals surface area contributed by atoms with Gasteiger partial charge in [-0.15, -0.1) is 0 Å². The van der Waals surface area contributed by atoms with E-state index in [-0.39, 0.29) is 6.54 Å². The zero-order valence-electron chi connectivity index (χ0n) is 10.5. The van der Waals surface area contributed by atoms with Crippen molar-refractivity contribution in [1.29, 1.82) is 0 Å². The molecular weight excluding hydrogens is 242 g/mol. The molecule has 4 nitrogen and oxygen atoms in total. The molecule has 0 aliphatic heterocycles. The van der Waals surface area contributed by atoms with Gasteiger partial charge in [0.2, 0.25) is 0 Å². The van der Waals surface area contributed by atoms with Crippen LogP contribution in [0.25, 0.3) is 0 Å². The second-order valence-corrected chi connectivity index (χ2v) is 4.83. The first kappa shape index (κ1) is 14.4. The van der Waals surface area contributed by atoms with Crippen molar-refractivity contribution in [3.8, 4) is 0 Å². The number of rotatable bonds is 3. The van der Waals surface area contributed by atoms with Crippen LogP contribution in [0.15, 0.2) is 12.1 Å². The third-order valence-corrected chi connectivity index (χ3v) is 2.27. The number of aliphatic hydroxyl groups is 1. The smallest absolute Gasteiger partial charge is 0.256 e. The lowest BCUT2D eigenvalue weighted by Gasteiger charge is -2.25.